The molecule has 2 amide bonds. The molecule has 0 aromatic heterocycles. The fourth-order valence-electron chi connectivity index (χ4n) is 3.83. The minimum atomic E-state index is -0.263. The average molecular weight is 339 g/mol. The summed E-state index contributed by atoms with van der Waals surface area (Å²) in [5, 5.41) is 6.41. The Balaban J connectivity index is 1.67. The highest BCUT2D eigenvalue weighted by atomic mass is 19.1. The van der Waals surface area contributed by atoms with E-state index in [1.54, 1.807) is 12.1 Å². The Morgan fingerprint density at radius 1 is 1.16 bits per heavy atom. The van der Waals surface area contributed by atoms with Gasteiger partial charge in [-0.25, -0.2) is 9.18 Å². The van der Waals surface area contributed by atoms with E-state index in [4.69, 9.17) is 0 Å². The van der Waals surface area contributed by atoms with Gasteiger partial charge < -0.3 is 15.5 Å². The molecule has 25 heavy (non-hydrogen) atoms. The van der Waals surface area contributed by atoms with Crippen LogP contribution < -0.4 is 10.6 Å². The predicted octanol–water partition coefficient (Wildman–Crippen LogP) is 2.84. The highest BCUT2D eigenvalue weighted by Crippen LogP contribution is 2.35. The predicted molar refractivity (Wildman–Crippen MR) is 94.9 cm³/mol. The van der Waals surface area contributed by atoms with E-state index in [2.05, 4.69) is 22.8 Å². The lowest BCUT2D eigenvalue weighted by Gasteiger charge is -2.38. The number of nitrogens with zero attached hydrogens (tertiary/aromatic N) is 1. The first-order chi connectivity index (χ1) is 12.2. The van der Waals surface area contributed by atoms with Gasteiger partial charge >= 0.3 is 6.03 Å². The van der Waals surface area contributed by atoms with E-state index in [0.717, 1.165) is 37.1 Å². The number of carbonyl (C=O) groups is 1. The topological polar surface area (TPSA) is 44.4 Å². The Kier molecular flexibility index (Phi) is 4.40. The molecule has 0 unspecified atom stereocenters. The van der Waals surface area contributed by atoms with E-state index in [9.17, 15) is 9.18 Å². The van der Waals surface area contributed by atoms with Crippen LogP contribution in [-0.4, -0.2) is 36.6 Å². The number of carbonyl (C=O) groups excluding carboxylic acids is 1. The maximum absolute atomic E-state index is 13.4. The molecule has 0 aliphatic carbocycles. The van der Waals surface area contributed by atoms with Crippen molar-refractivity contribution < 1.29 is 9.18 Å². The third kappa shape index (κ3) is 3.24. The summed E-state index contributed by atoms with van der Waals surface area (Å²) in [7, 11) is 0. The van der Waals surface area contributed by atoms with E-state index in [1.165, 1.54) is 17.7 Å². The number of urea groups is 1. The monoisotopic (exact) mass is 339 g/mol. The quantitative estimate of drug-likeness (QED) is 0.884. The van der Waals surface area contributed by atoms with Crippen molar-refractivity contribution >= 4 is 6.03 Å². The highest BCUT2D eigenvalue weighted by Gasteiger charge is 2.33. The lowest BCUT2D eigenvalue weighted by atomic mass is 9.88. The molecule has 130 valence electrons. The zero-order chi connectivity index (χ0) is 17.2. The van der Waals surface area contributed by atoms with Crippen LogP contribution in [0.5, 0.6) is 0 Å². The molecule has 2 aromatic rings. The summed E-state index contributed by atoms with van der Waals surface area (Å²) in [6.07, 6.45) is 1.79. The average Bonchev–Trinajstić information content (AvgIpc) is 3.14. The van der Waals surface area contributed by atoms with Crippen molar-refractivity contribution in [3.05, 3.63) is 71.0 Å². The first kappa shape index (κ1) is 16.1. The number of nitrogens with one attached hydrogen (secondary N) is 2. The van der Waals surface area contributed by atoms with Gasteiger partial charge in [-0.1, -0.05) is 36.4 Å². The van der Waals surface area contributed by atoms with Crippen molar-refractivity contribution in [2.75, 3.05) is 19.6 Å². The van der Waals surface area contributed by atoms with E-state index in [1.807, 2.05) is 17.0 Å². The van der Waals surface area contributed by atoms with Crippen molar-refractivity contribution in [2.24, 2.45) is 0 Å². The van der Waals surface area contributed by atoms with Gasteiger partial charge in [-0.3, -0.25) is 0 Å². The van der Waals surface area contributed by atoms with Crippen LogP contribution in [0.25, 0.3) is 0 Å². The molecular weight excluding hydrogens is 317 g/mol. The third-order valence-electron chi connectivity index (χ3n) is 5.12. The standard InChI is InChI=1S/C20H22FN3O/c21-16-7-5-15(6-8-16)19-18-4-2-1-3-14(18)10-12-24(19)20(25)23-17-9-11-22-13-17/h1-8,17,19,22H,9-13H2,(H,23,25)/t17-,19-/m0/s1. The summed E-state index contributed by atoms with van der Waals surface area (Å²) in [5.74, 6) is -0.263. The Bertz CT molecular complexity index is 756. The van der Waals surface area contributed by atoms with Gasteiger partial charge in [0.15, 0.2) is 0 Å². The van der Waals surface area contributed by atoms with Crippen LogP contribution >= 0.6 is 0 Å². The number of hydrogen-bond acceptors (Lipinski definition) is 2. The summed E-state index contributed by atoms with van der Waals surface area (Å²) in [6, 6.07) is 14.6. The molecular formula is C20H22FN3O. The Morgan fingerprint density at radius 2 is 1.96 bits per heavy atom. The number of halogens is 1. The van der Waals surface area contributed by atoms with Gasteiger partial charge in [0.05, 0.1) is 6.04 Å². The number of amides is 2. The molecule has 0 spiro atoms. The van der Waals surface area contributed by atoms with Crippen molar-refractivity contribution in [3.8, 4) is 0 Å². The zero-order valence-electron chi connectivity index (χ0n) is 14.0. The Hall–Kier alpha value is -2.40. The minimum Gasteiger partial charge on any atom is -0.334 e. The fraction of sp³-hybridized carbons (Fsp3) is 0.350. The van der Waals surface area contributed by atoms with Crippen molar-refractivity contribution in [3.63, 3.8) is 0 Å². The smallest absolute Gasteiger partial charge is 0.318 e. The van der Waals surface area contributed by atoms with Crippen LogP contribution in [0.2, 0.25) is 0 Å². The summed E-state index contributed by atoms with van der Waals surface area (Å²) >= 11 is 0. The largest absolute Gasteiger partial charge is 0.334 e. The molecule has 2 atom stereocenters. The van der Waals surface area contributed by atoms with Crippen LogP contribution in [0.1, 0.15) is 29.2 Å². The number of benzene rings is 2. The number of fused-ring (bicyclic) bond motifs is 1. The molecule has 2 heterocycles. The molecule has 2 aromatic carbocycles. The lowest BCUT2D eigenvalue weighted by Crippen LogP contribution is -2.49. The van der Waals surface area contributed by atoms with Gasteiger partial charge in [0.25, 0.3) is 0 Å². The molecule has 4 nitrogen and oxygen atoms in total. The first-order valence-corrected chi connectivity index (χ1v) is 8.83. The molecule has 0 radical (unpaired) electrons. The Labute approximate surface area is 147 Å². The van der Waals surface area contributed by atoms with Gasteiger partial charge in [-0.15, -0.1) is 0 Å². The maximum atomic E-state index is 13.4. The molecule has 2 N–H and O–H groups in total. The van der Waals surface area contributed by atoms with Gasteiger partial charge in [0, 0.05) is 19.1 Å². The highest BCUT2D eigenvalue weighted by molar-refractivity contribution is 5.76. The molecule has 1 saturated heterocycles. The van der Waals surface area contributed by atoms with Crippen LogP contribution in [0.4, 0.5) is 9.18 Å². The van der Waals surface area contributed by atoms with Gasteiger partial charge in [-0.2, -0.15) is 0 Å². The maximum Gasteiger partial charge on any atom is 0.318 e. The lowest BCUT2D eigenvalue weighted by molar-refractivity contribution is 0.177. The second kappa shape index (κ2) is 6.84. The third-order valence-corrected chi connectivity index (χ3v) is 5.12. The summed E-state index contributed by atoms with van der Waals surface area (Å²) in [4.78, 5) is 14.8. The molecule has 2 aliphatic heterocycles. The van der Waals surface area contributed by atoms with E-state index < -0.39 is 0 Å². The SMILES string of the molecule is O=C(N[C@H]1CCNC1)N1CCc2ccccc2[C@@H]1c1ccc(F)cc1. The van der Waals surface area contributed by atoms with E-state index in [-0.39, 0.29) is 23.9 Å². The number of hydrogen-bond donors (Lipinski definition) is 2. The van der Waals surface area contributed by atoms with Crippen LogP contribution in [0, 0.1) is 5.82 Å². The van der Waals surface area contributed by atoms with E-state index in [0.29, 0.717) is 6.54 Å². The molecule has 0 saturated carbocycles. The molecule has 2 aliphatic rings. The second-order valence-corrected chi connectivity index (χ2v) is 6.74. The summed E-state index contributed by atoms with van der Waals surface area (Å²) < 4.78 is 13.4. The van der Waals surface area contributed by atoms with Crippen LogP contribution in [-0.2, 0) is 6.42 Å². The second-order valence-electron chi connectivity index (χ2n) is 6.74. The first-order valence-electron chi connectivity index (χ1n) is 8.83. The summed E-state index contributed by atoms with van der Waals surface area (Å²) in [6.45, 7) is 2.41. The van der Waals surface area contributed by atoms with Crippen molar-refractivity contribution in [1.29, 1.82) is 0 Å². The van der Waals surface area contributed by atoms with Crippen LogP contribution in [0.15, 0.2) is 48.5 Å². The van der Waals surface area contributed by atoms with Gasteiger partial charge in [0.1, 0.15) is 5.82 Å². The molecule has 4 rings (SSSR count). The minimum absolute atomic E-state index is 0.0440. The number of rotatable bonds is 2. The molecule has 5 heteroatoms. The van der Waals surface area contributed by atoms with E-state index >= 15 is 0 Å². The Morgan fingerprint density at radius 3 is 2.72 bits per heavy atom. The van der Waals surface area contributed by atoms with Gasteiger partial charge in [-0.05, 0) is 48.2 Å². The zero-order valence-corrected chi connectivity index (χ0v) is 14.0. The normalized spacial score (nSPS) is 22.5. The molecule has 1 fully saturated rings. The summed E-state index contributed by atoms with van der Waals surface area (Å²) in [5.41, 5.74) is 3.32. The van der Waals surface area contributed by atoms with Gasteiger partial charge in [0.2, 0.25) is 0 Å². The van der Waals surface area contributed by atoms with Crippen molar-refractivity contribution in [2.45, 2.75) is 24.9 Å². The van der Waals surface area contributed by atoms with Crippen LogP contribution in [0.3, 0.4) is 0 Å². The van der Waals surface area contributed by atoms with Crippen molar-refractivity contribution in [1.82, 2.24) is 15.5 Å². The molecule has 0 bridgehead atoms. The fourth-order valence-corrected chi connectivity index (χ4v) is 3.83.